The van der Waals surface area contributed by atoms with Crippen LogP contribution in [0, 0.1) is 5.82 Å². The zero-order chi connectivity index (χ0) is 30.6. The molecule has 0 atom stereocenters. The Bertz CT molecular complexity index is 1680. The molecule has 5 aromatic rings. The molecule has 226 valence electrons. The van der Waals surface area contributed by atoms with E-state index in [9.17, 15) is 22.7 Å². The molecule has 43 heavy (non-hydrogen) atoms. The summed E-state index contributed by atoms with van der Waals surface area (Å²) in [4.78, 5) is 10.5. The summed E-state index contributed by atoms with van der Waals surface area (Å²) in [6, 6.07) is 17.0. The normalized spacial score (nSPS) is 13.5. The molecule has 0 fully saturated rings. The largest absolute Gasteiger partial charge is 0.505 e. The standard InChI is InChI=1S/C28H23F4N5O.C4H11N/c29-21-12-20(18(11-25(21)38)13-28(30,31)32)17-6-7-19-23(10-17)35-36-26(19)27-33-22-8-9-37(15-24(22)34-27)14-16-4-2-1-3-5-16;1-3-5-4-2/h1-7,10-12,38H,8-9,13-15H2,(H,33,34)(H,35,36);5H,3-4H2,1-2H3. The molecular weight excluding hydrogens is 560 g/mol. The van der Waals surface area contributed by atoms with E-state index >= 15 is 0 Å². The molecule has 0 saturated carbocycles. The first-order valence-electron chi connectivity index (χ1n) is 14.3. The third-order valence-electron chi connectivity index (χ3n) is 7.32. The van der Waals surface area contributed by atoms with Crippen molar-refractivity contribution in [2.75, 3.05) is 19.6 Å². The van der Waals surface area contributed by atoms with Crippen LogP contribution < -0.4 is 5.32 Å². The Morgan fingerprint density at radius 2 is 1.79 bits per heavy atom. The minimum absolute atomic E-state index is 0.0580. The van der Waals surface area contributed by atoms with Gasteiger partial charge in [-0.2, -0.15) is 18.3 Å². The number of phenolic OH excluding ortho intramolecular Hbond substituents is 1. The van der Waals surface area contributed by atoms with E-state index in [4.69, 9.17) is 4.98 Å². The number of hydrogen-bond donors (Lipinski definition) is 4. The summed E-state index contributed by atoms with van der Waals surface area (Å²) in [5, 5.41) is 20.8. The van der Waals surface area contributed by atoms with Crippen LogP contribution in [0.2, 0.25) is 0 Å². The summed E-state index contributed by atoms with van der Waals surface area (Å²) in [5.41, 5.74) is 4.67. The van der Waals surface area contributed by atoms with Crippen LogP contribution in [-0.4, -0.2) is 56.0 Å². The highest BCUT2D eigenvalue weighted by atomic mass is 19.4. The van der Waals surface area contributed by atoms with Crippen LogP contribution in [-0.2, 0) is 25.9 Å². The zero-order valence-corrected chi connectivity index (χ0v) is 24.0. The number of fused-ring (bicyclic) bond motifs is 2. The highest BCUT2D eigenvalue weighted by molar-refractivity contribution is 5.94. The van der Waals surface area contributed by atoms with Gasteiger partial charge in [-0.1, -0.05) is 50.2 Å². The fourth-order valence-electron chi connectivity index (χ4n) is 5.29. The summed E-state index contributed by atoms with van der Waals surface area (Å²) >= 11 is 0. The van der Waals surface area contributed by atoms with Crippen LogP contribution in [0.1, 0.15) is 36.4 Å². The highest BCUT2D eigenvalue weighted by Crippen LogP contribution is 2.36. The fraction of sp³-hybridized carbons (Fsp3) is 0.312. The predicted molar refractivity (Wildman–Crippen MR) is 159 cm³/mol. The molecule has 0 amide bonds. The van der Waals surface area contributed by atoms with Crippen molar-refractivity contribution in [2.24, 2.45) is 0 Å². The molecule has 11 heteroatoms. The lowest BCUT2D eigenvalue weighted by atomic mass is 9.96. The number of H-pyrrole nitrogens is 2. The third kappa shape index (κ3) is 7.23. The molecule has 1 aliphatic heterocycles. The Kier molecular flexibility index (Phi) is 9.12. The lowest BCUT2D eigenvalue weighted by Crippen LogP contribution is -2.30. The minimum Gasteiger partial charge on any atom is -0.505 e. The van der Waals surface area contributed by atoms with Crippen molar-refractivity contribution in [1.29, 1.82) is 0 Å². The molecule has 0 radical (unpaired) electrons. The number of benzene rings is 3. The van der Waals surface area contributed by atoms with Crippen molar-refractivity contribution in [3.8, 4) is 28.4 Å². The number of aromatic amines is 2. The number of hydrogen-bond acceptors (Lipinski definition) is 5. The number of rotatable bonds is 7. The molecule has 4 N–H and O–H groups in total. The van der Waals surface area contributed by atoms with Crippen LogP contribution in [0.3, 0.4) is 0 Å². The molecule has 7 nitrogen and oxygen atoms in total. The predicted octanol–water partition coefficient (Wildman–Crippen LogP) is 6.74. The maximum Gasteiger partial charge on any atom is 0.393 e. The summed E-state index contributed by atoms with van der Waals surface area (Å²) in [7, 11) is 0. The second-order valence-electron chi connectivity index (χ2n) is 10.5. The van der Waals surface area contributed by atoms with Crippen LogP contribution in [0.4, 0.5) is 17.6 Å². The first-order chi connectivity index (χ1) is 20.6. The van der Waals surface area contributed by atoms with Crippen molar-refractivity contribution >= 4 is 10.9 Å². The average Bonchev–Trinajstić information content (AvgIpc) is 3.59. The summed E-state index contributed by atoms with van der Waals surface area (Å²) < 4.78 is 53.5. The molecule has 1 aliphatic rings. The summed E-state index contributed by atoms with van der Waals surface area (Å²) in [5.74, 6) is -1.19. The Morgan fingerprint density at radius 3 is 2.49 bits per heavy atom. The van der Waals surface area contributed by atoms with E-state index < -0.39 is 24.2 Å². The third-order valence-corrected chi connectivity index (χ3v) is 7.32. The van der Waals surface area contributed by atoms with Gasteiger partial charge in [-0.15, -0.1) is 0 Å². The lowest BCUT2D eigenvalue weighted by molar-refractivity contribution is -0.127. The van der Waals surface area contributed by atoms with E-state index in [1.165, 1.54) is 5.56 Å². The first-order valence-corrected chi connectivity index (χ1v) is 14.3. The van der Waals surface area contributed by atoms with E-state index in [0.29, 0.717) is 22.6 Å². The Morgan fingerprint density at radius 1 is 1.02 bits per heavy atom. The molecule has 0 bridgehead atoms. The molecule has 3 heterocycles. The molecule has 2 aromatic heterocycles. The zero-order valence-electron chi connectivity index (χ0n) is 24.0. The molecule has 0 aliphatic carbocycles. The van der Waals surface area contributed by atoms with Gasteiger partial charge in [0.1, 0.15) is 5.69 Å². The number of imidazole rings is 1. The number of halogens is 4. The molecule has 0 unspecified atom stereocenters. The van der Waals surface area contributed by atoms with Gasteiger partial charge in [-0.3, -0.25) is 10.00 Å². The Hall–Kier alpha value is -4.22. The van der Waals surface area contributed by atoms with Crippen LogP contribution in [0.5, 0.6) is 5.75 Å². The van der Waals surface area contributed by atoms with Crippen molar-refractivity contribution in [2.45, 2.75) is 46.0 Å². The molecule has 0 saturated heterocycles. The van der Waals surface area contributed by atoms with Gasteiger partial charge in [0.25, 0.3) is 0 Å². The first kappa shape index (κ1) is 30.2. The van der Waals surface area contributed by atoms with E-state index in [2.05, 4.69) is 51.4 Å². The van der Waals surface area contributed by atoms with Gasteiger partial charge >= 0.3 is 6.18 Å². The van der Waals surface area contributed by atoms with Crippen molar-refractivity contribution in [1.82, 2.24) is 30.4 Å². The van der Waals surface area contributed by atoms with Crippen molar-refractivity contribution in [3.63, 3.8) is 0 Å². The van der Waals surface area contributed by atoms with Gasteiger partial charge in [0.2, 0.25) is 0 Å². The smallest absolute Gasteiger partial charge is 0.393 e. The number of phenols is 1. The second-order valence-corrected chi connectivity index (χ2v) is 10.5. The topological polar surface area (TPSA) is 92.9 Å². The quantitative estimate of drug-likeness (QED) is 0.157. The van der Waals surface area contributed by atoms with Crippen LogP contribution in [0.15, 0.2) is 60.7 Å². The van der Waals surface area contributed by atoms with Crippen LogP contribution in [0.25, 0.3) is 33.5 Å². The van der Waals surface area contributed by atoms with Gasteiger partial charge in [-0.25, -0.2) is 9.37 Å². The van der Waals surface area contributed by atoms with E-state index in [-0.39, 0.29) is 11.1 Å². The number of aromatic nitrogens is 4. The van der Waals surface area contributed by atoms with Gasteiger partial charge in [0.05, 0.1) is 23.3 Å². The van der Waals surface area contributed by atoms with Gasteiger partial charge in [0.15, 0.2) is 17.4 Å². The number of nitrogens with zero attached hydrogens (tertiary/aromatic N) is 3. The van der Waals surface area contributed by atoms with Gasteiger partial charge < -0.3 is 15.4 Å². The fourth-order valence-corrected chi connectivity index (χ4v) is 5.29. The SMILES string of the molecule is CCNCC.Oc1cc(CC(F)(F)F)c(-c2ccc3c(-c4nc5c([nH]4)CN(Cc4ccccc4)CC5)n[nH]c3c2)cc1F. The second kappa shape index (κ2) is 13.0. The maximum absolute atomic E-state index is 14.1. The van der Waals surface area contributed by atoms with E-state index in [1.807, 2.05) is 18.2 Å². The summed E-state index contributed by atoms with van der Waals surface area (Å²) in [6.45, 7) is 8.86. The van der Waals surface area contributed by atoms with Gasteiger partial charge in [-0.05, 0) is 59.6 Å². The van der Waals surface area contributed by atoms with Crippen molar-refractivity contribution in [3.05, 3.63) is 89.0 Å². The minimum atomic E-state index is -4.51. The summed E-state index contributed by atoms with van der Waals surface area (Å²) in [6.07, 6.45) is -5.00. The Balaban J connectivity index is 0.000000682. The molecule has 0 spiro atoms. The molecular formula is C32H34F4N6O. The number of aromatic hydroxyl groups is 1. The van der Waals surface area contributed by atoms with E-state index in [0.717, 1.165) is 68.1 Å². The van der Waals surface area contributed by atoms with E-state index in [1.54, 1.807) is 18.2 Å². The number of alkyl halides is 3. The highest BCUT2D eigenvalue weighted by Gasteiger charge is 2.30. The average molecular weight is 595 g/mol. The number of nitrogens with one attached hydrogen (secondary N) is 3. The van der Waals surface area contributed by atoms with Gasteiger partial charge in [0, 0.05) is 31.4 Å². The Labute approximate surface area is 247 Å². The van der Waals surface area contributed by atoms with Crippen LogP contribution >= 0.6 is 0 Å². The maximum atomic E-state index is 14.1. The van der Waals surface area contributed by atoms with Crippen molar-refractivity contribution < 1.29 is 22.7 Å². The molecule has 6 rings (SSSR count). The monoisotopic (exact) mass is 594 g/mol. The molecule has 3 aromatic carbocycles. The lowest BCUT2D eigenvalue weighted by Gasteiger charge is -2.25.